The van der Waals surface area contributed by atoms with Crippen LogP contribution in [0.1, 0.15) is 155 Å². The molecule has 0 radical (unpaired) electrons. The van der Waals surface area contributed by atoms with Crippen molar-refractivity contribution in [3.05, 3.63) is 48.1 Å². The summed E-state index contributed by atoms with van der Waals surface area (Å²) < 4.78 is 70.6. The first kappa shape index (κ1) is 36.5. The summed E-state index contributed by atoms with van der Waals surface area (Å²) >= 11 is 0. The zero-order valence-electron chi connectivity index (χ0n) is 28.5. The first-order valence-corrected chi connectivity index (χ1v) is 18.8. The van der Waals surface area contributed by atoms with Crippen LogP contribution >= 0.6 is 0 Å². The number of rotatable bonds is 18. The van der Waals surface area contributed by atoms with Crippen LogP contribution in [0.15, 0.2) is 48.1 Å². The molecular weight excluding hydrogens is 572 g/mol. The van der Waals surface area contributed by atoms with E-state index >= 15 is 17.6 Å². The Kier molecular flexibility index (Phi) is 13.9. The van der Waals surface area contributed by atoms with E-state index in [-0.39, 0.29) is 25.0 Å². The quantitative estimate of drug-likeness (QED) is 0.0828. The molecular formula is C40H62F4O. The average Bonchev–Trinajstić information content (AvgIpc) is 3.05. The van der Waals surface area contributed by atoms with Gasteiger partial charge in [0.05, 0.1) is 13.2 Å². The van der Waals surface area contributed by atoms with E-state index in [4.69, 9.17) is 4.74 Å². The Labute approximate surface area is 272 Å². The SMILES string of the molecule is CCCCCCCC1([C@@]2(F)C=C[C@@H](COC[C@@H]3C=C[C@](F)(C4(CCCCCCC)CCCCC4)C(F)=C3)C=C2F)CCCCC1. The Hall–Kier alpha value is -1.36. The zero-order valence-corrected chi connectivity index (χ0v) is 28.5. The number of hydrogen-bond acceptors (Lipinski definition) is 1. The van der Waals surface area contributed by atoms with Gasteiger partial charge in [0.15, 0.2) is 11.3 Å². The molecule has 0 spiro atoms. The van der Waals surface area contributed by atoms with Crippen LogP contribution in [-0.4, -0.2) is 24.6 Å². The maximum absolute atomic E-state index is 16.6. The molecule has 0 aliphatic heterocycles. The molecule has 0 aromatic carbocycles. The van der Waals surface area contributed by atoms with Crippen LogP contribution in [0.3, 0.4) is 0 Å². The Morgan fingerprint density at radius 1 is 0.578 bits per heavy atom. The fourth-order valence-corrected chi connectivity index (χ4v) is 8.99. The van der Waals surface area contributed by atoms with E-state index in [2.05, 4.69) is 13.8 Å². The van der Waals surface area contributed by atoms with Crippen molar-refractivity contribution in [3.8, 4) is 0 Å². The van der Waals surface area contributed by atoms with Crippen molar-refractivity contribution in [1.82, 2.24) is 0 Å². The summed E-state index contributed by atoms with van der Waals surface area (Å²) in [5, 5.41) is 0. The minimum Gasteiger partial charge on any atom is -0.380 e. The summed E-state index contributed by atoms with van der Waals surface area (Å²) in [6, 6.07) is 0. The van der Waals surface area contributed by atoms with Crippen molar-refractivity contribution in [1.29, 1.82) is 0 Å². The number of hydrogen-bond donors (Lipinski definition) is 0. The average molecular weight is 635 g/mol. The number of halogens is 4. The van der Waals surface area contributed by atoms with Gasteiger partial charge in [0.1, 0.15) is 11.7 Å². The molecule has 0 aromatic rings. The second-order valence-electron chi connectivity index (χ2n) is 15.0. The van der Waals surface area contributed by atoms with Crippen LogP contribution in [0.4, 0.5) is 17.6 Å². The standard InChI is InChI=1S/C40H62F4O/c1-3-5-7-9-13-21-37(23-15-11-16-24-37)39(43)27-19-33(29-35(39)41)31-45-32-34-20-28-40(44,36(42)30-34)38(25-17-12-18-26-38)22-14-10-8-6-4-2/h19-20,27-30,33-34H,3-18,21-26,31-32H2,1-2H3/t33-,34-,39-,40-/m1/s1. The fourth-order valence-electron chi connectivity index (χ4n) is 8.99. The van der Waals surface area contributed by atoms with Gasteiger partial charge in [-0.25, -0.2) is 17.6 Å². The number of alkyl halides is 2. The second-order valence-corrected chi connectivity index (χ2v) is 15.0. The summed E-state index contributed by atoms with van der Waals surface area (Å²) in [6.45, 7) is 4.75. The molecule has 5 heteroatoms. The highest BCUT2D eigenvalue weighted by Gasteiger charge is 2.55. The lowest BCUT2D eigenvalue weighted by atomic mass is 9.60. The summed E-state index contributed by atoms with van der Waals surface area (Å²) in [5.41, 5.74) is -5.44. The molecule has 0 N–H and O–H groups in total. The second kappa shape index (κ2) is 17.2. The van der Waals surface area contributed by atoms with Gasteiger partial charge >= 0.3 is 0 Å². The van der Waals surface area contributed by atoms with Crippen molar-refractivity contribution >= 4 is 0 Å². The van der Waals surface area contributed by atoms with Crippen molar-refractivity contribution in [2.45, 2.75) is 166 Å². The van der Waals surface area contributed by atoms with Crippen LogP contribution < -0.4 is 0 Å². The van der Waals surface area contributed by atoms with Gasteiger partial charge in [-0.15, -0.1) is 0 Å². The Bertz CT molecular complexity index is 937. The van der Waals surface area contributed by atoms with Crippen LogP contribution in [0.2, 0.25) is 0 Å². The van der Waals surface area contributed by atoms with Gasteiger partial charge in [0.25, 0.3) is 0 Å². The van der Waals surface area contributed by atoms with Crippen LogP contribution in [0.25, 0.3) is 0 Å². The van der Waals surface area contributed by atoms with Crippen LogP contribution in [0.5, 0.6) is 0 Å². The maximum Gasteiger partial charge on any atom is 0.185 e. The predicted molar refractivity (Wildman–Crippen MR) is 180 cm³/mol. The highest BCUT2D eigenvalue weighted by molar-refractivity contribution is 5.34. The van der Waals surface area contributed by atoms with Gasteiger partial charge in [-0.1, -0.05) is 129 Å². The molecule has 2 fully saturated rings. The Morgan fingerprint density at radius 3 is 1.31 bits per heavy atom. The third-order valence-corrected chi connectivity index (χ3v) is 11.9. The molecule has 4 aliphatic carbocycles. The lowest BCUT2D eigenvalue weighted by Gasteiger charge is -2.47. The molecule has 4 aliphatic rings. The van der Waals surface area contributed by atoms with E-state index in [1.165, 1.54) is 50.0 Å². The fraction of sp³-hybridized carbons (Fsp3) is 0.800. The van der Waals surface area contributed by atoms with Gasteiger partial charge in [0, 0.05) is 22.7 Å². The summed E-state index contributed by atoms with van der Waals surface area (Å²) in [5.74, 6) is -2.10. The van der Waals surface area contributed by atoms with Crippen molar-refractivity contribution in [2.24, 2.45) is 22.7 Å². The largest absolute Gasteiger partial charge is 0.380 e. The first-order valence-electron chi connectivity index (χ1n) is 18.8. The topological polar surface area (TPSA) is 9.23 Å². The van der Waals surface area contributed by atoms with Gasteiger partial charge in [-0.3, -0.25) is 0 Å². The number of unbranched alkanes of at least 4 members (excludes halogenated alkanes) is 8. The Balaban J connectivity index is 1.32. The Morgan fingerprint density at radius 2 is 0.956 bits per heavy atom. The number of ether oxygens (including phenoxy) is 1. The van der Waals surface area contributed by atoms with E-state index in [0.717, 1.165) is 116 Å². The van der Waals surface area contributed by atoms with Gasteiger partial charge in [-0.05, 0) is 62.8 Å². The smallest absolute Gasteiger partial charge is 0.185 e. The highest BCUT2D eigenvalue weighted by Crippen LogP contribution is 2.57. The lowest BCUT2D eigenvalue weighted by molar-refractivity contribution is -0.00337. The molecule has 2 saturated carbocycles. The lowest BCUT2D eigenvalue weighted by Crippen LogP contribution is -2.47. The molecule has 1 nitrogen and oxygen atoms in total. The third kappa shape index (κ3) is 8.57. The molecule has 0 amide bonds. The maximum atomic E-state index is 16.6. The van der Waals surface area contributed by atoms with Crippen LogP contribution in [-0.2, 0) is 4.74 Å². The summed E-state index contributed by atoms with van der Waals surface area (Å²) in [4.78, 5) is 0. The van der Waals surface area contributed by atoms with E-state index in [9.17, 15) is 0 Å². The van der Waals surface area contributed by atoms with E-state index in [1.807, 2.05) is 0 Å². The van der Waals surface area contributed by atoms with Gasteiger partial charge < -0.3 is 4.74 Å². The summed E-state index contributed by atoms with van der Waals surface area (Å²) in [6.07, 6.45) is 30.7. The van der Waals surface area contributed by atoms with Gasteiger partial charge in [-0.2, -0.15) is 0 Å². The first-order chi connectivity index (χ1) is 21.7. The molecule has 0 heterocycles. The normalized spacial score (nSPS) is 31.1. The van der Waals surface area contributed by atoms with Crippen LogP contribution in [0, 0.1) is 22.7 Å². The monoisotopic (exact) mass is 634 g/mol. The third-order valence-electron chi connectivity index (χ3n) is 11.9. The molecule has 256 valence electrons. The number of allylic oxidation sites excluding steroid dienone is 4. The minimum absolute atomic E-state index is 0.187. The van der Waals surface area contributed by atoms with Crippen molar-refractivity contribution < 1.29 is 22.3 Å². The highest BCUT2D eigenvalue weighted by atomic mass is 19.2. The molecule has 0 aromatic heterocycles. The molecule has 0 unspecified atom stereocenters. The zero-order chi connectivity index (χ0) is 32.2. The molecule has 45 heavy (non-hydrogen) atoms. The van der Waals surface area contributed by atoms with Gasteiger partial charge in [0.2, 0.25) is 0 Å². The van der Waals surface area contributed by atoms with Crippen molar-refractivity contribution in [3.63, 3.8) is 0 Å². The predicted octanol–water partition coefficient (Wildman–Crippen LogP) is 13.1. The van der Waals surface area contributed by atoms with E-state index in [1.54, 1.807) is 12.2 Å². The van der Waals surface area contributed by atoms with E-state index in [0.29, 0.717) is 0 Å². The van der Waals surface area contributed by atoms with E-state index < -0.39 is 33.8 Å². The molecule has 4 atom stereocenters. The minimum atomic E-state index is -2.05. The summed E-state index contributed by atoms with van der Waals surface area (Å²) in [7, 11) is 0. The molecule has 0 saturated heterocycles. The molecule has 4 rings (SSSR count). The molecule has 0 bridgehead atoms. The van der Waals surface area contributed by atoms with Crippen molar-refractivity contribution in [2.75, 3.05) is 13.2 Å².